The third kappa shape index (κ3) is 9.42. The zero-order valence-corrected chi connectivity index (χ0v) is 8.81. The number of alkyl halides is 6. The van der Waals surface area contributed by atoms with Crippen LogP contribution < -0.4 is 0 Å². The second-order valence-electron chi connectivity index (χ2n) is 2.37. The van der Waals surface area contributed by atoms with E-state index in [0.717, 1.165) is 0 Å². The molecule has 0 spiro atoms. The van der Waals surface area contributed by atoms with E-state index in [-0.39, 0.29) is 5.97 Å². The van der Waals surface area contributed by atoms with E-state index in [0.29, 0.717) is 0 Å². The van der Waals surface area contributed by atoms with E-state index < -0.39 is 24.3 Å². The number of rotatable bonds is 0. The normalized spacial score (nSPS) is 10.9. The highest BCUT2D eigenvalue weighted by atomic mass is 19.4. The van der Waals surface area contributed by atoms with Crippen molar-refractivity contribution in [3.8, 4) is 0 Å². The predicted molar refractivity (Wildman–Crippen MR) is 40.9 cm³/mol. The maximum Gasteiger partial charge on any atom is 0.491 e. The minimum atomic E-state index is -5.62. The molecule has 0 aromatic heterocycles. The smallest absolute Gasteiger partial charge is 0.469 e. The first-order chi connectivity index (χ1) is 7.82. The Hall–Kier alpha value is -1.81. The van der Waals surface area contributed by atoms with E-state index in [2.05, 4.69) is 9.47 Å². The molecular weight excluding hydrogens is 278 g/mol. The van der Waals surface area contributed by atoms with Crippen molar-refractivity contribution in [3.63, 3.8) is 0 Å². The highest BCUT2D eigenvalue weighted by Gasteiger charge is 2.49. The van der Waals surface area contributed by atoms with Gasteiger partial charge in [-0.15, -0.1) is 0 Å². The number of methoxy groups -OCH3 is 1. The zero-order chi connectivity index (χ0) is 15.1. The number of ether oxygens (including phenoxy) is 2. The predicted octanol–water partition coefficient (Wildman–Crippen LogP) is 1.36. The van der Waals surface area contributed by atoms with Gasteiger partial charge in [0.2, 0.25) is 0 Å². The van der Waals surface area contributed by atoms with Crippen molar-refractivity contribution in [1.29, 1.82) is 0 Å². The van der Waals surface area contributed by atoms with Gasteiger partial charge in [-0.05, 0) is 0 Å². The summed E-state index contributed by atoms with van der Waals surface area (Å²) in [4.78, 5) is 28.9. The molecule has 0 fully saturated rings. The van der Waals surface area contributed by atoms with Gasteiger partial charge < -0.3 is 9.47 Å². The van der Waals surface area contributed by atoms with Crippen LogP contribution in [-0.4, -0.2) is 37.4 Å². The van der Waals surface area contributed by atoms with Crippen molar-refractivity contribution >= 4 is 17.9 Å². The van der Waals surface area contributed by atoms with Gasteiger partial charge in [0.15, 0.2) is 0 Å². The van der Waals surface area contributed by atoms with Crippen molar-refractivity contribution < 1.29 is 50.2 Å². The Labute approximate surface area is 95.6 Å². The molecule has 0 aliphatic heterocycles. The summed E-state index contributed by atoms with van der Waals surface area (Å²) in [5.41, 5.74) is 0. The monoisotopic (exact) mass is 284 g/mol. The lowest BCUT2D eigenvalue weighted by atomic mass is 10.6. The van der Waals surface area contributed by atoms with E-state index in [9.17, 15) is 40.7 Å². The number of esters is 3. The highest BCUT2D eigenvalue weighted by Crippen LogP contribution is 2.21. The molecular formula is C7H6F6O5. The van der Waals surface area contributed by atoms with Crippen molar-refractivity contribution in [3.05, 3.63) is 0 Å². The Morgan fingerprint density at radius 3 is 1.17 bits per heavy atom. The van der Waals surface area contributed by atoms with Crippen LogP contribution in [0.3, 0.4) is 0 Å². The summed E-state index contributed by atoms with van der Waals surface area (Å²) >= 11 is 0. The van der Waals surface area contributed by atoms with Gasteiger partial charge in [-0.3, -0.25) is 4.79 Å². The van der Waals surface area contributed by atoms with Crippen LogP contribution in [0.25, 0.3) is 0 Å². The molecule has 5 nitrogen and oxygen atoms in total. The van der Waals surface area contributed by atoms with Gasteiger partial charge >= 0.3 is 30.3 Å². The van der Waals surface area contributed by atoms with Gasteiger partial charge in [0, 0.05) is 6.92 Å². The Morgan fingerprint density at radius 2 is 1.06 bits per heavy atom. The third-order valence-electron chi connectivity index (χ3n) is 0.936. The molecule has 0 saturated heterocycles. The van der Waals surface area contributed by atoms with Crippen LogP contribution >= 0.6 is 0 Å². The summed E-state index contributed by atoms with van der Waals surface area (Å²) in [5.74, 6) is -6.64. The lowest BCUT2D eigenvalue weighted by Crippen LogP contribution is -2.34. The largest absolute Gasteiger partial charge is 0.491 e. The topological polar surface area (TPSA) is 69.7 Å². The Kier molecular flexibility index (Phi) is 7.02. The molecule has 0 aromatic rings. The molecule has 106 valence electrons. The summed E-state index contributed by atoms with van der Waals surface area (Å²) in [6, 6.07) is 0. The lowest BCUT2D eigenvalue weighted by Gasteiger charge is -2.06. The fraction of sp³-hybridized carbons (Fsp3) is 0.571. The molecule has 18 heavy (non-hydrogen) atoms. The van der Waals surface area contributed by atoms with Gasteiger partial charge in [0.1, 0.15) is 0 Å². The summed E-state index contributed by atoms with van der Waals surface area (Å²) in [5, 5.41) is 0. The maximum absolute atomic E-state index is 11.2. The third-order valence-corrected chi connectivity index (χ3v) is 0.936. The van der Waals surface area contributed by atoms with Gasteiger partial charge in [-0.1, -0.05) is 0 Å². The molecule has 11 heteroatoms. The average Bonchev–Trinajstić information content (AvgIpc) is 2.15. The molecule has 0 heterocycles. The van der Waals surface area contributed by atoms with E-state index in [4.69, 9.17) is 0 Å². The molecule has 0 N–H and O–H groups in total. The molecule has 0 aliphatic carbocycles. The highest BCUT2D eigenvalue weighted by molar-refractivity contribution is 5.90. The van der Waals surface area contributed by atoms with Crippen molar-refractivity contribution in [2.24, 2.45) is 0 Å². The Morgan fingerprint density at radius 1 is 0.833 bits per heavy atom. The average molecular weight is 284 g/mol. The molecule has 0 saturated carbocycles. The molecule has 0 atom stereocenters. The zero-order valence-electron chi connectivity index (χ0n) is 8.81. The first-order valence-corrected chi connectivity index (χ1v) is 3.77. The van der Waals surface area contributed by atoms with E-state index in [1.165, 1.54) is 14.0 Å². The second-order valence-corrected chi connectivity index (χ2v) is 2.37. The maximum atomic E-state index is 11.2. The molecule has 0 aliphatic rings. The van der Waals surface area contributed by atoms with Crippen LogP contribution in [0.15, 0.2) is 0 Å². The lowest BCUT2D eigenvalue weighted by molar-refractivity contribution is -0.221. The van der Waals surface area contributed by atoms with Crippen LogP contribution in [0.4, 0.5) is 26.3 Å². The van der Waals surface area contributed by atoms with Crippen LogP contribution in [-0.2, 0) is 23.9 Å². The van der Waals surface area contributed by atoms with Gasteiger partial charge in [0.25, 0.3) is 0 Å². The van der Waals surface area contributed by atoms with E-state index >= 15 is 0 Å². The first kappa shape index (κ1) is 18.6. The molecule has 0 amide bonds. The number of hydrogen-bond acceptors (Lipinski definition) is 5. The van der Waals surface area contributed by atoms with Crippen LogP contribution in [0, 0.1) is 0 Å². The van der Waals surface area contributed by atoms with Crippen molar-refractivity contribution in [2.75, 3.05) is 7.11 Å². The molecule has 0 radical (unpaired) electrons. The van der Waals surface area contributed by atoms with Crippen LogP contribution in [0.5, 0.6) is 0 Å². The Balaban J connectivity index is 0. The molecule has 0 aromatic carbocycles. The SMILES string of the molecule is COC(C)=O.O=C(OC(=O)C(F)(F)F)C(F)(F)F. The minimum Gasteiger partial charge on any atom is -0.469 e. The summed E-state index contributed by atoms with van der Waals surface area (Å²) in [6.07, 6.45) is -11.2. The number of carbonyl (C=O) groups is 3. The number of carbonyl (C=O) groups excluding carboxylic acids is 3. The minimum absolute atomic E-state index is 0.245. The van der Waals surface area contributed by atoms with E-state index in [1.807, 2.05) is 0 Å². The number of halogens is 6. The summed E-state index contributed by atoms with van der Waals surface area (Å²) in [6.45, 7) is 1.36. The van der Waals surface area contributed by atoms with E-state index in [1.54, 1.807) is 0 Å². The van der Waals surface area contributed by atoms with Gasteiger partial charge in [0.05, 0.1) is 7.11 Å². The van der Waals surface area contributed by atoms with Crippen molar-refractivity contribution in [2.45, 2.75) is 19.3 Å². The quantitative estimate of drug-likeness (QED) is 0.381. The standard InChI is InChI=1S/C4F6O3.C3H6O2/c5-3(6,7)1(11)13-2(12)4(8,9)10;1-3(4)5-2/h;1-2H3. The summed E-state index contributed by atoms with van der Waals surface area (Å²) in [7, 11) is 1.35. The van der Waals surface area contributed by atoms with Crippen molar-refractivity contribution in [1.82, 2.24) is 0 Å². The van der Waals surface area contributed by atoms with Gasteiger partial charge in [-0.25, -0.2) is 9.59 Å². The fourth-order valence-corrected chi connectivity index (χ4v) is 0.200. The Bertz CT molecular complexity index is 293. The van der Waals surface area contributed by atoms with Gasteiger partial charge in [-0.2, -0.15) is 26.3 Å². The number of hydrogen-bond donors (Lipinski definition) is 0. The molecule has 0 bridgehead atoms. The molecule has 0 rings (SSSR count). The fourth-order valence-electron chi connectivity index (χ4n) is 0.200. The molecule has 0 unspecified atom stereocenters. The second kappa shape index (κ2) is 6.81. The van der Waals surface area contributed by atoms with Crippen LogP contribution in [0.2, 0.25) is 0 Å². The van der Waals surface area contributed by atoms with Crippen LogP contribution in [0.1, 0.15) is 6.92 Å². The summed E-state index contributed by atoms with van der Waals surface area (Å²) < 4.78 is 73.8. The first-order valence-electron chi connectivity index (χ1n) is 3.77.